The number of sulfone groups is 1. The molecular formula is C14H14F6N2O6S. The second kappa shape index (κ2) is 6.60. The summed E-state index contributed by atoms with van der Waals surface area (Å²) in [5.74, 6) is -7.75. The van der Waals surface area contributed by atoms with Crippen molar-refractivity contribution in [2.24, 2.45) is 0 Å². The molecule has 0 aliphatic carbocycles. The van der Waals surface area contributed by atoms with Crippen molar-refractivity contribution < 1.29 is 53.9 Å². The van der Waals surface area contributed by atoms with Crippen molar-refractivity contribution in [2.45, 2.75) is 50.1 Å². The van der Waals surface area contributed by atoms with Crippen LogP contribution in [-0.2, 0) is 29.0 Å². The van der Waals surface area contributed by atoms with Crippen LogP contribution < -0.4 is 5.32 Å². The first-order valence-corrected chi connectivity index (χ1v) is 9.45. The fraction of sp³-hybridized carbons (Fsp3) is 0.643. The molecule has 164 valence electrons. The summed E-state index contributed by atoms with van der Waals surface area (Å²) in [4.78, 5) is 35.4. The largest absolute Gasteiger partial charge is 0.471 e. The number of nitrogens with one attached hydrogen (secondary N) is 1. The van der Waals surface area contributed by atoms with Gasteiger partial charge in [0.15, 0.2) is 15.2 Å². The maximum atomic E-state index is 13.4. The molecule has 2 amide bonds. The number of ether oxygens (including phenoxy) is 1. The molecule has 2 heterocycles. The van der Waals surface area contributed by atoms with Gasteiger partial charge < -0.3 is 10.1 Å². The number of hydrogen-bond acceptors (Lipinski definition) is 6. The van der Waals surface area contributed by atoms with Crippen LogP contribution in [0.5, 0.6) is 0 Å². The number of carbonyl (C=O) groups excluding carboxylic acids is 3. The van der Waals surface area contributed by atoms with Crippen molar-refractivity contribution in [3.8, 4) is 0 Å². The monoisotopic (exact) mass is 452 g/mol. The smallest absolute Gasteiger partial charge is 0.455 e. The van der Waals surface area contributed by atoms with E-state index in [1.807, 2.05) is 0 Å². The SMILES string of the molecule is CC(C)(C)OC(=O)C1=C(C(F)(F)F)CS(=O)(=O)C2C(NC(=O)C(F)(F)F)C(=O)N12. The quantitative estimate of drug-likeness (QED) is 0.377. The van der Waals surface area contributed by atoms with E-state index in [1.54, 1.807) is 0 Å². The Bertz CT molecular complexity index is 899. The summed E-state index contributed by atoms with van der Waals surface area (Å²) in [5.41, 5.74) is -4.66. The number of esters is 1. The van der Waals surface area contributed by atoms with E-state index in [0.717, 1.165) is 5.32 Å². The van der Waals surface area contributed by atoms with Gasteiger partial charge in [-0.3, -0.25) is 14.5 Å². The van der Waals surface area contributed by atoms with Crippen molar-refractivity contribution in [2.75, 3.05) is 5.75 Å². The molecular weight excluding hydrogens is 438 g/mol. The van der Waals surface area contributed by atoms with Gasteiger partial charge in [-0.15, -0.1) is 0 Å². The standard InChI is InChI=1S/C14H14F6N2O6S/c1-12(2,3)28-10(24)7-5(13(15,16)17)4-29(26,27)9-6(8(23)22(7)9)21-11(25)14(18,19)20/h6,9H,4H2,1-3H3,(H,21,25). The molecule has 1 saturated heterocycles. The Labute approximate surface area is 159 Å². The van der Waals surface area contributed by atoms with Crippen LogP contribution in [0.1, 0.15) is 20.8 Å². The minimum atomic E-state index is -5.47. The maximum absolute atomic E-state index is 13.4. The van der Waals surface area contributed by atoms with Gasteiger partial charge in [0.1, 0.15) is 17.3 Å². The maximum Gasteiger partial charge on any atom is 0.471 e. The third kappa shape index (κ3) is 4.33. The molecule has 2 rings (SSSR count). The number of β-lactam (4-membered cyclic amide) rings is 1. The summed E-state index contributed by atoms with van der Waals surface area (Å²) < 4.78 is 107. The predicted molar refractivity (Wildman–Crippen MR) is 81.3 cm³/mol. The molecule has 2 aliphatic heterocycles. The van der Waals surface area contributed by atoms with Gasteiger partial charge in [0.25, 0.3) is 5.91 Å². The average molecular weight is 452 g/mol. The summed E-state index contributed by atoms with van der Waals surface area (Å²) in [6, 6.07) is -2.30. The van der Waals surface area contributed by atoms with Crippen LogP contribution in [0.2, 0.25) is 0 Å². The van der Waals surface area contributed by atoms with Crippen LogP contribution in [-0.4, -0.2) is 66.2 Å². The highest BCUT2D eigenvalue weighted by atomic mass is 32.2. The molecule has 0 spiro atoms. The third-order valence-corrected chi connectivity index (χ3v) is 5.67. The van der Waals surface area contributed by atoms with Gasteiger partial charge in [-0.2, -0.15) is 26.3 Å². The molecule has 2 aliphatic rings. The second-order valence-electron chi connectivity index (χ2n) is 7.18. The van der Waals surface area contributed by atoms with Crippen LogP contribution in [0, 0.1) is 0 Å². The molecule has 2 atom stereocenters. The van der Waals surface area contributed by atoms with Gasteiger partial charge in [0.2, 0.25) is 0 Å². The van der Waals surface area contributed by atoms with Gasteiger partial charge in [0.05, 0.1) is 11.3 Å². The topological polar surface area (TPSA) is 110 Å². The first-order valence-electron chi connectivity index (χ1n) is 7.73. The molecule has 15 heteroatoms. The van der Waals surface area contributed by atoms with E-state index < -0.39 is 74.0 Å². The van der Waals surface area contributed by atoms with E-state index in [2.05, 4.69) is 0 Å². The molecule has 29 heavy (non-hydrogen) atoms. The number of hydrogen-bond donors (Lipinski definition) is 1. The zero-order valence-electron chi connectivity index (χ0n) is 14.9. The number of alkyl halides is 6. The number of fused-ring (bicyclic) bond motifs is 1. The highest BCUT2D eigenvalue weighted by Crippen LogP contribution is 2.43. The second-order valence-corrected chi connectivity index (χ2v) is 9.28. The Morgan fingerprint density at radius 2 is 1.62 bits per heavy atom. The Balaban J connectivity index is 2.54. The minimum Gasteiger partial charge on any atom is -0.455 e. The fourth-order valence-electron chi connectivity index (χ4n) is 2.69. The van der Waals surface area contributed by atoms with Gasteiger partial charge in [-0.1, -0.05) is 0 Å². The molecule has 0 saturated carbocycles. The number of rotatable bonds is 2. The number of carbonyl (C=O) groups is 3. The Hall–Kier alpha value is -2.32. The summed E-state index contributed by atoms with van der Waals surface area (Å²) in [7, 11) is -4.90. The Morgan fingerprint density at radius 3 is 2.03 bits per heavy atom. The molecule has 2 unspecified atom stereocenters. The zero-order valence-corrected chi connectivity index (χ0v) is 15.8. The van der Waals surface area contributed by atoms with Gasteiger partial charge >= 0.3 is 24.2 Å². The summed E-state index contributed by atoms with van der Waals surface area (Å²) in [6.07, 6.45) is -10.8. The predicted octanol–water partition coefficient (Wildman–Crippen LogP) is 0.788. The normalized spacial score (nSPS) is 24.6. The molecule has 1 fully saturated rings. The third-order valence-electron chi connectivity index (χ3n) is 3.76. The van der Waals surface area contributed by atoms with E-state index in [-0.39, 0.29) is 4.90 Å². The number of halogens is 6. The summed E-state index contributed by atoms with van der Waals surface area (Å²) in [5, 5.41) is -1.18. The number of nitrogens with zero attached hydrogens (tertiary/aromatic N) is 1. The molecule has 0 aromatic rings. The first kappa shape index (κ1) is 23.0. The van der Waals surface area contributed by atoms with Crippen LogP contribution >= 0.6 is 0 Å². The number of amides is 2. The van der Waals surface area contributed by atoms with E-state index in [4.69, 9.17) is 4.74 Å². The van der Waals surface area contributed by atoms with Crippen molar-refractivity contribution in [1.29, 1.82) is 0 Å². The van der Waals surface area contributed by atoms with Crippen LogP contribution in [0.25, 0.3) is 0 Å². The van der Waals surface area contributed by atoms with Crippen molar-refractivity contribution in [1.82, 2.24) is 10.2 Å². The zero-order chi connectivity index (χ0) is 22.7. The van der Waals surface area contributed by atoms with Crippen molar-refractivity contribution in [3.05, 3.63) is 11.3 Å². The Kier molecular flexibility index (Phi) is 5.23. The van der Waals surface area contributed by atoms with Crippen LogP contribution in [0.3, 0.4) is 0 Å². The average Bonchev–Trinajstić information content (AvgIpc) is 2.47. The van der Waals surface area contributed by atoms with E-state index in [9.17, 15) is 49.1 Å². The van der Waals surface area contributed by atoms with Crippen molar-refractivity contribution in [3.63, 3.8) is 0 Å². The first-order chi connectivity index (χ1) is 12.8. The lowest BCUT2D eigenvalue weighted by Gasteiger charge is -2.49. The van der Waals surface area contributed by atoms with E-state index >= 15 is 0 Å². The summed E-state index contributed by atoms with van der Waals surface area (Å²) in [6.45, 7) is 3.88. The lowest BCUT2D eigenvalue weighted by Crippen LogP contribution is -2.75. The summed E-state index contributed by atoms with van der Waals surface area (Å²) >= 11 is 0. The van der Waals surface area contributed by atoms with E-state index in [0.29, 0.717) is 0 Å². The van der Waals surface area contributed by atoms with Crippen LogP contribution in [0.4, 0.5) is 26.3 Å². The molecule has 1 N–H and O–H groups in total. The lowest BCUT2D eigenvalue weighted by molar-refractivity contribution is -0.177. The Morgan fingerprint density at radius 1 is 1.10 bits per heavy atom. The molecule has 0 radical (unpaired) electrons. The van der Waals surface area contributed by atoms with Gasteiger partial charge in [-0.05, 0) is 20.8 Å². The fourth-order valence-corrected chi connectivity index (χ4v) is 4.69. The molecule has 0 bridgehead atoms. The molecule has 0 aromatic carbocycles. The van der Waals surface area contributed by atoms with Crippen molar-refractivity contribution >= 4 is 27.6 Å². The highest BCUT2D eigenvalue weighted by molar-refractivity contribution is 7.92. The van der Waals surface area contributed by atoms with E-state index in [1.165, 1.54) is 20.8 Å². The van der Waals surface area contributed by atoms with Gasteiger partial charge in [0, 0.05) is 0 Å². The van der Waals surface area contributed by atoms with Gasteiger partial charge in [-0.25, -0.2) is 13.2 Å². The highest BCUT2D eigenvalue weighted by Gasteiger charge is 2.64. The lowest BCUT2D eigenvalue weighted by atomic mass is 10.0. The molecule has 0 aromatic heterocycles. The molecule has 8 nitrogen and oxygen atoms in total. The minimum absolute atomic E-state index is 0.100. The van der Waals surface area contributed by atoms with Crippen LogP contribution in [0.15, 0.2) is 11.3 Å².